The molecule has 3 rings (SSSR count). The van der Waals surface area contributed by atoms with Crippen molar-refractivity contribution in [2.45, 2.75) is 32.9 Å². The summed E-state index contributed by atoms with van der Waals surface area (Å²) in [5.41, 5.74) is 2.38. The molecule has 1 unspecified atom stereocenters. The van der Waals surface area contributed by atoms with Crippen LogP contribution in [0, 0.1) is 0 Å². The molecule has 0 bridgehead atoms. The van der Waals surface area contributed by atoms with Crippen LogP contribution in [-0.2, 0) is 6.54 Å². The summed E-state index contributed by atoms with van der Waals surface area (Å²) >= 11 is 1.35. The average Bonchev–Trinajstić information content (AvgIpc) is 3.33. The Morgan fingerprint density at radius 1 is 0.903 bits per heavy atom. The van der Waals surface area contributed by atoms with Crippen molar-refractivity contribution >= 4 is 34.7 Å². The first-order chi connectivity index (χ1) is 15.0. The zero-order valence-electron chi connectivity index (χ0n) is 17.5. The van der Waals surface area contributed by atoms with Gasteiger partial charge in [-0.25, -0.2) is 0 Å². The maximum Gasteiger partial charge on any atom is 0.265 e. The van der Waals surface area contributed by atoms with Crippen LogP contribution in [0.3, 0.4) is 0 Å². The van der Waals surface area contributed by atoms with Crippen LogP contribution in [0.25, 0.3) is 0 Å². The van der Waals surface area contributed by atoms with Gasteiger partial charge in [-0.2, -0.15) is 0 Å². The maximum atomic E-state index is 12.6. The van der Waals surface area contributed by atoms with E-state index < -0.39 is 0 Å². The maximum absolute atomic E-state index is 12.6. The first-order valence-corrected chi connectivity index (χ1v) is 11.0. The summed E-state index contributed by atoms with van der Waals surface area (Å²) < 4.78 is 0. The van der Waals surface area contributed by atoms with Crippen molar-refractivity contribution in [3.63, 3.8) is 0 Å². The molecule has 160 valence electrons. The number of hydrogen-bond donors (Lipinski definition) is 3. The van der Waals surface area contributed by atoms with E-state index in [0.717, 1.165) is 12.0 Å². The van der Waals surface area contributed by atoms with Gasteiger partial charge in [0.15, 0.2) is 0 Å². The van der Waals surface area contributed by atoms with Gasteiger partial charge in [0.05, 0.1) is 4.88 Å². The fourth-order valence-corrected chi connectivity index (χ4v) is 3.47. The zero-order chi connectivity index (χ0) is 22.2. The van der Waals surface area contributed by atoms with Gasteiger partial charge in [-0.05, 0) is 60.7 Å². The molecule has 31 heavy (non-hydrogen) atoms. The molecule has 3 N–H and O–H groups in total. The smallest absolute Gasteiger partial charge is 0.265 e. The Hall–Kier alpha value is -3.45. The van der Waals surface area contributed by atoms with Gasteiger partial charge in [0.2, 0.25) is 0 Å². The monoisotopic (exact) mass is 435 g/mol. The van der Waals surface area contributed by atoms with Gasteiger partial charge >= 0.3 is 0 Å². The minimum Gasteiger partial charge on any atom is -0.350 e. The molecule has 6 nitrogen and oxygen atoms in total. The first-order valence-electron chi connectivity index (χ1n) is 10.1. The summed E-state index contributed by atoms with van der Waals surface area (Å²) in [5, 5.41) is 10.4. The van der Waals surface area contributed by atoms with Crippen molar-refractivity contribution < 1.29 is 14.4 Å². The zero-order valence-corrected chi connectivity index (χ0v) is 18.3. The highest BCUT2D eigenvalue weighted by molar-refractivity contribution is 7.12. The molecule has 2 aromatic carbocycles. The second kappa shape index (κ2) is 10.5. The van der Waals surface area contributed by atoms with Crippen LogP contribution in [0.15, 0.2) is 66.0 Å². The Labute approximate surface area is 185 Å². The van der Waals surface area contributed by atoms with E-state index in [9.17, 15) is 14.4 Å². The van der Waals surface area contributed by atoms with E-state index in [0.29, 0.717) is 21.7 Å². The third-order valence-corrected chi connectivity index (χ3v) is 5.63. The summed E-state index contributed by atoms with van der Waals surface area (Å²) in [6.45, 7) is 4.26. The Morgan fingerprint density at radius 2 is 1.65 bits per heavy atom. The van der Waals surface area contributed by atoms with Gasteiger partial charge in [0.1, 0.15) is 0 Å². The third-order valence-electron chi connectivity index (χ3n) is 4.76. The van der Waals surface area contributed by atoms with Gasteiger partial charge in [0.25, 0.3) is 17.7 Å². The lowest BCUT2D eigenvalue weighted by Gasteiger charge is -2.12. The molecular weight excluding hydrogens is 410 g/mol. The van der Waals surface area contributed by atoms with Gasteiger partial charge in [0, 0.05) is 29.4 Å². The number of benzene rings is 2. The van der Waals surface area contributed by atoms with Crippen LogP contribution in [0.2, 0.25) is 0 Å². The quantitative estimate of drug-likeness (QED) is 0.488. The SMILES string of the molecule is CCC(C)NC(=O)c1cccc(CNC(=O)c2cccc(NC(=O)c3cccs3)c2)c1. The molecule has 0 saturated heterocycles. The van der Waals surface area contributed by atoms with Gasteiger partial charge < -0.3 is 16.0 Å². The second-order valence-corrected chi connectivity index (χ2v) is 8.13. The van der Waals surface area contributed by atoms with E-state index in [1.807, 2.05) is 31.4 Å². The van der Waals surface area contributed by atoms with E-state index in [1.165, 1.54) is 11.3 Å². The number of rotatable bonds is 8. The number of carbonyl (C=O) groups excluding carboxylic acids is 3. The summed E-state index contributed by atoms with van der Waals surface area (Å²) in [4.78, 5) is 37.7. The van der Waals surface area contributed by atoms with Crippen molar-refractivity contribution in [1.82, 2.24) is 10.6 Å². The topological polar surface area (TPSA) is 87.3 Å². The molecule has 1 aromatic heterocycles. The van der Waals surface area contributed by atoms with Crippen LogP contribution in [0.1, 0.15) is 56.2 Å². The molecule has 0 aliphatic carbocycles. The third kappa shape index (κ3) is 6.26. The lowest BCUT2D eigenvalue weighted by molar-refractivity contribution is 0.0936. The second-order valence-electron chi connectivity index (χ2n) is 7.18. The number of thiophene rings is 1. The molecule has 1 heterocycles. The summed E-state index contributed by atoms with van der Waals surface area (Å²) in [7, 11) is 0. The number of hydrogen-bond acceptors (Lipinski definition) is 4. The van der Waals surface area contributed by atoms with Crippen LogP contribution in [-0.4, -0.2) is 23.8 Å². The minimum absolute atomic E-state index is 0.100. The molecule has 0 radical (unpaired) electrons. The molecule has 0 saturated carbocycles. The van der Waals surface area contributed by atoms with Crippen molar-refractivity contribution in [2.24, 2.45) is 0 Å². The normalized spacial score (nSPS) is 11.4. The van der Waals surface area contributed by atoms with Gasteiger partial charge in [-0.15, -0.1) is 11.3 Å². The Kier molecular flexibility index (Phi) is 7.56. The van der Waals surface area contributed by atoms with Crippen molar-refractivity contribution in [2.75, 3.05) is 5.32 Å². The molecule has 7 heteroatoms. The summed E-state index contributed by atoms with van der Waals surface area (Å²) in [6, 6.07) is 17.6. The van der Waals surface area contributed by atoms with E-state index in [-0.39, 0.29) is 30.3 Å². The highest BCUT2D eigenvalue weighted by atomic mass is 32.1. The van der Waals surface area contributed by atoms with E-state index >= 15 is 0 Å². The summed E-state index contributed by atoms with van der Waals surface area (Å²) in [6.07, 6.45) is 0.855. The van der Waals surface area contributed by atoms with Crippen LogP contribution >= 0.6 is 11.3 Å². The molecule has 1 atom stereocenters. The standard InChI is InChI=1S/C24H25N3O3S/c1-3-16(2)26-23(29)18-8-4-7-17(13-18)15-25-22(28)19-9-5-10-20(14-19)27-24(30)21-11-6-12-31-21/h4-14,16H,3,15H2,1-2H3,(H,25,28)(H,26,29)(H,27,30). The van der Waals surface area contributed by atoms with E-state index in [4.69, 9.17) is 0 Å². The number of carbonyl (C=O) groups is 3. The molecule has 0 fully saturated rings. The largest absolute Gasteiger partial charge is 0.350 e. The van der Waals surface area contributed by atoms with Crippen molar-refractivity contribution in [1.29, 1.82) is 0 Å². The molecular formula is C24H25N3O3S. The first kappa shape index (κ1) is 22.2. The minimum atomic E-state index is -0.262. The number of anilines is 1. The van der Waals surface area contributed by atoms with E-state index in [2.05, 4.69) is 16.0 Å². The van der Waals surface area contributed by atoms with E-state index in [1.54, 1.807) is 48.5 Å². The van der Waals surface area contributed by atoms with Crippen molar-refractivity contribution in [3.8, 4) is 0 Å². The van der Waals surface area contributed by atoms with Crippen molar-refractivity contribution in [3.05, 3.63) is 87.6 Å². The van der Waals surface area contributed by atoms with Gasteiger partial charge in [-0.3, -0.25) is 14.4 Å². The molecule has 0 spiro atoms. The number of amides is 3. The fourth-order valence-electron chi connectivity index (χ4n) is 2.85. The molecule has 3 aromatic rings. The number of nitrogens with one attached hydrogen (secondary N) is 3. The highest BCUT2D eigenvalue weighted by Crippen LogP contribution is 2.15. The Balaban J connectivity index is 1.60. The average molecular weight is 436 g/mol. The lowest BCUT2D eigenvalue weighted by atomic mass is 10.1. The predicted molar refractivity (Wildman–Crippen MR) is 124 cm³/mol. The molecule has 0 aliphatic rings. The molecule has 3 amide bonds. The predicted octanol–water partition coefficient (Wildman–Crippen LogP) is 4.46. The van der Waals surface area contributed by atoms with Crippen LogP contribution in [0.4, 0.5) is 5.69 Å². The highest BCUT2D eigenvalue weighted by Gasteiger charge is 2.12. The fraction of sp³-hybridized carbons (Fsp3) is 0.208. The Morgan fingerprint density at radius 3 is 2.35 bits per heavy atom. The Bertz CT molecular complexity index is 1060. The molecule has 0 aliphatic heterocycles. The summed E-state index contributed by atoms with van der Waals surface area (Å²) in [5.74, 6) is -0.599. The van der Waals surface area contributed by atoms with Crippen LogP contribution < -0.4 is 16.0 Å². The lowest BCUT2D eigenvalue weighted by Crippen LogP contribution is -2.32. The van der Waals surface area contributed by atoms with Gasteiger partial charge in [-0.1, -0.05) is 31.2 Å². The van der Waals surface area contributed by atoms with Crippen LogP contribution in [0.5, 0.6) is 0 Å².